The molecule has 0 heterocycles. The topological polar surface area (TPSA) is 46.2 Å². The second-order valence-corrected chi connectivity index (χ2v) is 4.94. The Morgan fingerprint density at radius 2 is 2.00 bits per heavy atom. The maximum Gasteiger partial charge on any atom is 0.0801 e. The average Bonchev–Trinajstić information content (AvgIpc) is 2.32. The minimum atomic E-state index is -0.631. The van der Waals surface area contributed by atoms with E-state index in [4.69, 9.17) is 5.73 Å². The van der Waals surface area contributed by atoms with Gasteiger partial charge in [-0.1, -0.05) is 43.2 Å². The van der Waals surface area contributed by atoms with Gasteiger partial charge in [0.25, 0.3) is 0 Å². The minimum Gasteiger partial charge on any atom is -0.388 e. The van der Waals surface area contributed by atoms with Crippen molar-refractivity contribution in [1.29, 1.82) is 0 Å². The highest BCUT2D eigenvalue weighted by Crippen LogP contribution is 2.31. The van der Waals surface area contributed by atoms with E-state index in [-0.39, 0.29) is 6.04 Å². The van der Waals surface area contributed by atoms with Gasteiger partial charge in [0, 0.05) is 6.04 Å². The molecule has 0 spiro atoms. The van der Waals surface area contributed by atoms with Crippen molar-refractivity contribution < 1.29 is 5.11 Å². The maximum atomic E-state index is 10.5. The number of hydrogen-bond acceptors (Lipinski definition) is 2. The first-order valence-corrected chi connectivity index (χ1v) is 6.23. The van der Waals surface area contributed by atoms with E-state index >= 15 is 0 Å². The van der Waals surface area contributed by atoms with Gasteiger partial charge >= 0.3 is 0 Å². The molecule has 0 radical (unpaired) electrons. The van der Waals surface area contributed by atoms with E-state index in [9.17, 15) is 5.11 Å². The maximum absolute atomic E-state index is 10.5. The lowest BCUT2D eigenvalue weighted by Crippen LogP contribution is -2.50. The van der Waals surface area contributed by atoms with E-state index in [0.29, 0.717) is 0 Å². The molecule has 2 rings (SSSR count). The minimum absolute atomic E-state index is 0.0371. The van der Waals surface area contributed by atoms with Gasteiger partial charge in [-0.25, -0.2) is 0 Å². The monoisotopic (exact) mass is 219 g/mol. The third kappa shape index (κ3) is 2.63. The van der Waals surface area contributed by atoms with Crippen LogP contribution in [0, 0.1) is 0 Å². The van der Waals surface area contributed by atoms with Crippen molar-refractivity contribution in [3.63, 3.8) is 0 Å². The Morgan fingerprint density at radius 1 is 1.25 bits per heavy atom. The second-order valence-electron chi connectivity index (χ2n) is 4.94. The van der Waals surface area contributed by atoms with Crippen molar-refractivity contribution in [3.8, 4) is 0 Å². The number of rotatable bonds is 3. The molecule has 1 aliphatic carbocycles. The van der Waals surface area contributed by atoms with Crippen LogP contribution in [0.25, 0.3) is 0 Å². The number of hydrogen-bond donors (Lipinski definition) is 2. The zero-order valence-electron chi connectivity index (χ0n) is 9.73. The molecule has 1 aromatic rings. The van der Waals surface area contributed by atoms with Gasteiger partial charge in [0.15, 0.2) is 0 Å². The quantitative estimate of drug-likeness (QED) is 0.819. The standard InChI is InChI=1S/C14H21NO/c15-13-8-4-5-10-14(13,16)11-9-12-6-2-1-3-7-12/h1-3,6-7,13,16H,4-5,8-11,15H2/t13-,14+/m0/s1. The van der Waals surface area contributed by atoms with Crippen LogP contribution >= 0.6 is 0 Å². The Kier molecular flexibility index (Phi) is 3.62. The molecule has 1 aliphatic rings. The predicted octanol–water partition coefficient (Wildman–Crippen LogP) is 2.25. The molecule has 0 aliphatic heterocycles. The van der Waals surface area contributed by atoms with Gasteiger partial charge in [-0.2, -0.15) is 0 Å². The molecular formula is C14H21NO. The molecule has 88 valence electrons. The molecule has 1 saturated carbocycles. The van der Waals surface area contributed by atoms with Crippen LogP contribution in [-0.4, -0.2) is 16.7 Å². The van der Waals surface area contributed by atoms with Gasteiger partial charge in [0.2, 0.25) is 0 Å². The SMILES string of the molecule is N[C@H]1CCCC[C@@]1(O)CCc1ccccc1. The van der Waals surface area contributed by atoms with Gasteiger partial charge in [-0.3, -0.25) is 0 Å². The molecule has 1 aromatic carbocycles. The Labute approximate surface area is 97.5 Å². The van der Waals surface area contributed by atoms with Crippen molar-refractivity contribution in [3.05, 3.63) is 35.9 Å². The summed E-state index contributed by atoms with van der Waals surface area (Å²) in [6, 6.07) is 10.3. The van der Waals surface area contributed by atoms with Gasteiger partial charge in [0.05, 0.1) is 5.60 Å². The van der Waals surface area contributed by atoms with Crippen LogP contribution in [0.3, 0.4) is 0 Å². The second kappa shape index (κ2) is 4.98. The number of aryl methyl sites for hydroxylation is 1. The summed E-state index contributed by atoms with van der Waals surface area (Å²) in [6.07, 6.45) is 5.81. The molecule has 0 bridgehead atoms. The molecule has 0 saturated heterocycles. The van der Waals surface area contributed by atoms with E-state index in [1.807, 2.05) is 18.2 Å². The Hall–Kier alpha value is -0.860. The summed E-state index contributed by atoms with van der Waals surface area (Å²) in [5.74, 6) is 0. The normalized spacial score (nSPS) is 30.2. The first kappa shape index (κ1) is 11.6. The van der Waals surface area contributed by atoms with Crippen LogP contribution in [0.4, 0.5) is 0 Å². The summed E-state index contributed by atoms with van der Waals surface area (Å²) in [4.78, 5) is 0. The molecular weight excluding hydrogens is 198 g/mol. The molecule has 3 N–H and O–H groups in total. The van der Waals surface area contributed by atoms with E-state index < -0.39 is 5.60 Å². The lowest BCUT2D eigenvalue weighted by molar-refractivity contribution is -0.0211. The molecule has 0 amide bonds. The first-order valence-electron chi connectivity index (χ1n) is 6.23. The van der Waals surface area contributed by atoms with Crippen LogP contribution in [0.2, 0.25) is 0 Å². The highest BCUT2D eigenvalue weighted by atomic mass is 16.3. The zero-order valence-corrected chi connectivity index (χ0v) is 9.73. The molecule has 2 nitrogen and oxygen atoms in total. The number of nitrogens with two attached hydrogens (primary N) is 1. The summed E-state index contributed by atoms with van der Waals surface area (Å²) < 4.78 is 0. The molecule has 2 heteroatoms. The van der Waals surface area contributed by atoms with Crippen molar-refractivity contribution in [2.45, 2.75) is 50.2 Å². The highest BCUT2D eigenvalue weighted by molar-refractivity contribution is 5.15. The lowest BCUT2D eigenvalue weighted by atomic mass is 9.77. The van der Waals surface area contributed by atoms with Gasteiger partial charge in [0.1, 0.15) is 0 Å². The fourth-order valence-electron chi connectivity index (χ4n) is 2.57. The van der Waals surface area contributed by atoms with Crippen LogP contribution < -0.4 is 5.73 Å². The zero-order chi connectivity index (χ0) is 11.4. The average molecular weight is 219 g/mol. The van der Waals surface area contributed by atoms with Crippen LogP contribution in [0.15, 0.2) is 30.3 Å². The summed E-state index contributed by atoms with van der Waals surface area (Å²) in [5.41, 5.74) is 6.68. The van der Waals surface area contributed by atoms with Crippen molar-refractivity contribution in [2.24, 2.45) is 5.73 Å². The fourth-order valence-corrected chi connectivity index (χ4v) is 2.57. The molecule has 0 aromatic heterocycles. The highest BCUT2D eigenvalue weighted by Gasteiger charge is 2.35. The molecule has 2 atom stereocenters. The predicted molar refractivity (Wildman–Crippen MR) is 66.2 cm³/mol. The smallest absolute Gasteiger partial charge is 0.0801 e. The Morgan fingerprint density at radius 3 is 2.69 bits per heavy atom. The van der Waals surface area contributed by atoms with E-state index in [1.54, 1.807) is 0 Å². The van der Waals surface area contributed by atoms with Crippen molar-refractivity contribution >= 4 is 0 Å². The third-order valence-corrected chi connectivity index (χ3v) is 3.75. The number of aliphatic hydroxyl groups is 1. The molecule has 16 heavy (non-hydrogen) atoms. The summed E-state index contributed by atoms with van der Waals surface area (Å²) >= 11 is 0. The van der Waals surface area contributed by atoms with Crippen LogP contribution in [0.5, 0.6) is 0 Å². The van der Waals surface area contributed by atoms with E-state index in [2.05, 4.69) is 12.1 Å². The largest absolute Gasteiger partial charge is 0.388 e. The van der Waals surface area contributed by atoms with Gasteiger partial charge < -0.3 is 10.8 Å². The van der Waals surface area contributed by atoms with Crippen LogP contribution in [-0.2, 0) is 6.42 Å². The summed E-state index contributed by atoms with van der Waals surface area (Å²) in [5, 5.41) is 10.5. The van der Waals surface area contributed by atoms with Crippen LogP contribution in [0.1, 0.15) is 37.7 Å². The Balaban J connectivity index is 1.93. The van der Waals surface area contributed by atoms with Crippen molar-refractivity contribution in [2.75, 3.05) is 0 Å². The number of benzene rings is 1. The van der Waals surface area contributed by atoms with E-state index in [0.717, 1.165) is 38.5 Å². The lowest BCUT2D eigenvalue weighted by Gasteiger charge is -2.38. The van der Waals surface area contributed by atoms with E-state index in [1.165, 1.54) is 5.56 Å². The van der Waals surface area contributed by atoms with Crippen molar-refractivity contribution in [1.82, 2.24) is 0 Å². The summed E-state index contributed by atoms with van der Waals surface area (Å²) in [6.45, 7) is 0. The Bertz CT molecular complexity index is 325. The fraction of sp³-hybridized carbons (Fsp3) is 0.571. The first-order chi connectivity index (χ1) is 7.71. The summed E-state index contributed by atoms with van der Waals surface area (Å²) in [7, 11) is 0. The molecule has 0 unspecified atom stereocenters. The van der Waals surface area contributed by atoms with Gasteiger partial charge in [-0.15, -0.1) is 0 Å². The van der Waals surface area contributed by atoms with Gasteiger partial charge in [-0.05, 0) is 31.2 Å². The molecule has 1 fully saturated rings. The third-order valence-electron chi connectivity index (χ3n) is 3.75.